The van der Waals surface area contributed by atoms with Gasteiger partial charge in [-0.3, -0.25) is 9.69 Å². The van der Waals surface area contributed by atoms with Gasteiger partial charge in [-0.2, -0.15) is 0 Å². The van der Waals surface area contributed by atoms with Gasteiger partial charge in [0.25, 0.3) is 0 Å². The standard InChI is InChI=1S/C23H26N2O3/c1-24(2)23(26)18-12-13-25(15-17-8-4-3-5-9-17)19(14-18)22-16-27-20-10-6-7-11-21(20)28-22/h3-11,16,18-19H,12-15H2,1-2H3. The Morgan fingerprint density at radius 2 is 1.79 bits per heavy atom. The van der Waals surface area contributed by atoms with Crippen molar-refractivity contribution in [3.8, 4) is 11.5 Å². The summed E-state index contributed by atoms with van der Waals surface area (Å²) >= 11 is 0. The lowest BCUT2D eigenvalue weighted by molar-refractivity contribution is -0.135. The second kappa shape index (κ2) is 8.07. The third kappa shape index (κ3) is 3.90. The predicted molar refractivity (Wildman–Crippen MR) is 108 cm³/mol. The first-order valence-electron chi connectivity index (χ1n) is 9.74. The summed E-state index contributed by atoms with van der Waals surface area (Å²) in [5.74, 6) is 2.39. The lowest BCUT2D eigenvalue weighted by Gasteiger charge is -2.40. The lowest BCUT2D eigenvalue weighted by Crippen LogP contribution is -2.47. The average Bonchev–Trinajstić information content (AvgIpc) is 2.74. The highest BCUT2D eigenvalue weighted by molar-refractivity contribution is 5.78. The molecule has 146 valence electrons. The molecule has 2 aliphatic heterocycles. The average molecular weight is 378 g/mol. The van der Waals surface area contributed by atoms with Crippen molar-refractivity contribution in [2.24, 2.45) is 5.92 Å². The second-order valence-electron chi connectivity index (χ2n) is 7.61. The van der Waals surface area contributed by atoms with E-state index in [1.165, 1.54) is 5.56 Å². The van der Waals surface area contributed by atoms with Crippen LogP contribution in [0.1, 0.15) is 18.4 Å². The Kier molecular flexibility index (Phi) is 5.35. The monoisotopic (exact) mass is 378 g/mol. The molecule has 1 fully saturated rings. The molecule has 2 aromatic carbocycles. The number of likely N-dealkylation sites (tertiary alicyclic amines) is 1. The summed E-state index contributed by atoms with van der Waals surface area (Å²) in [6, 6.07) is 18.1. The van der Waals surface area contributed by atoms with Gasteiger partial charge in [-0.05, 0) is 37.1 Å². The molecule has 0 saturated carbocycles. The fourth-order valence-electron chi connectivity index (χ4n) is 3.96. The number of nitrogens with zero attached hydrogens (tertiary/aromatic N) is 2. The number of carbonyl (C=O) groups excluding carboxylic acids is 1. The van der Waals surface area contributed by atoms with Crippen molar-refractivity contribution in [2.45, 2.75) is 25.4 Å². The molecular formula is C23H26N2O3. The maximum absolute atomic E-state index is 12.6. The summed E-state index contributed by atoms with van der Waals surface area (Å²) in [5, 5.41) is 0. The molecule has 0 spiro atoms. The van der Waals surface area contributed by atoms with Crippen molar-refractivity contribution >= 4 is 5.91 Å². The molecule has 2 aliphatic rings. The first-order valence-corrected chi connectivity index (χ1v) is 9.74. The predicted octanol–water partition coefficient (Wildman–Crippen LogP) is 3.67. The maximum Gasteiger partial charge on any atom is 0.225 e. The van der Waals surface area contributed by atoms with Crippen LogP contribution < -0.4 is 9.47 Å². The topological polar surface area (TPSA) is 42.0 Å². The minimum Gasteiger partial charge on any atom is -0.457 e. The van der Waals surface area contributed by atoms with Crippen LogP contribution in [0.5, 0.6) is 11.5 Å². The summed E-state index contributed by atoms with van der Waals surface area (Å²) in [6.07, 6.45) is 3.28. The van der Waals surface area contributed by atoms with Crippen LogP contribution in [0.2, 0.25) is 0 Å². The highest BCUT2D eigenvalue weighted by Crippen LogP contribution is 2.37. The smallest absolute Gasteiger partial charge is 0.225 e. The largest absolute Gasteiger partial charge is 0.457 e. The summed E-state index contributed by atoms with van der Waals surface area (Å²) in [5.41, 5.74) is 1.25. The molecule has 0 N–H and O–H groups in total. The Morgan fingerprint density at radius 3 is 2.54 bits per heavy atom. The number of hydrogen-bond donors (Lipinski definition) is 0. The number of ether oxygens (including phenoxy) is 2. The molecule has 4 rings (SSSR count). The van der Waals surface area contributed by atoms with Gasteiger partial charge < -0.3 is 14.4 Å². The SMILES string of the molecule is CN(C)C(=O)C1CCN(Cc2ccccc2)C(C2=COc3ccccc3O2)C1. The zero-order valence-electron chi connectivity index (χ0n) is 16.4. The van der Waals surface area contributed by atoms with Crippen LogP contribution in [-0.2, 0) is 11.3 Å². The molecule has 5 heteroatoms. The summed E-state index contributed by atoms with van der Waals surface area (Å²) in [7, 11) is 3.65. The molecule has 2 heterocycles. The normalized spacial score (nSPS) is 21.7. The van der Waals surface area contributed by atoms with Crippen molar-refractivity contribution in [2.75, 3.05) is 20.6 Å². The number of piperidine rings is 1. The van der Waals surface area contributed by atoms with Gasteiger partial charge in [0.15, 0.2) is 17.3 Å². The van der Waals surface area contributed by atoms with Crippen LogP contribution in [0.25, 0.3) is 0 Å². The van der Waals surface area contributed by atoms with Crippen LogP contribution in [0.3, 0.4) is 0 Å². The Hall–Kier alpha value is -2.79. The van der Waals surface area contributed by atoms with Crippen LogP contribution in [0, 0.1) is 5.92 Å². The van der Waals surface area contributed by atoms with E-state index in [9.17, 15) is 4.79 Å². The Morgan fingerprint density at radius 1 is 1.07 bits per heavy atom. The van der Waals surface area contributed by atoms with Gasteiger partial charge >= 0.3 is 0 Å². The van der Waals surface area contributed by atoms with Gasteiger partial charge in [-0.15, -0.1) is 0 Å². The van der Waals surface area contributed by atoms with E-state index in [0.717, 1.165) is 43.2 Å². The highest BCUT2D eigenvalue weighted by Gasteiger charge is 2.37. The number of para-hydroxylation sites is 2. The minimum absolute atomic E-state index is 0.00351. The van der Waals surface area contributed by atoms with Gasteiger partial charge in [0.05, 0.1) is 6.04 Å². The van der Waals surface area contributed by atoms with Crippen LogP contribution in [-0.4, -0.2) is 42.4 Å². The van der Waals surface area contributed by atoms with Gasteiger partial charge in [0, 0.05) is 26.6 Å². The molecule has 0 radical (unpaired) electrons. The number of fused-ring (bicyclic) bond motifs is 1. The van der Waals surface area contributed by atoms with Crippen molar-refractivity contribution in [3.63, 3.8) is 0 Å². The second-order valence-corrected chi connectivity index (χ2v) is 7.61. The van der Waals surface area contributed by atoms with E-state index in [2.05, 4.69) is 29.2 Å². The summed E-state index contributed by atoms with van der Waals surface area (Å²) in [4.78, 5) is 16.7. The highest BCUT2D eigenvalue weighted by atomic mass is 16.6. The quantitative estimate of drug-likeness (QED) is 0.814. The van der Waals surface area contributed by atoms with Crippen LogP contribution >= 0.6 is 0 Å². The molecule has 28 heavy (non-hydrogen) atoms. The number of amides is 1. The zero-order chi connectivity index (χ0) is 19.5. The van der Waals surface area contributed by atoms with Crippen molar-refractivity contribution in [3.05, 3.63) is 72.2 Å². The van der Waals surface area contributed by atoms with E-state index in [1.54, 1.807) is 11.2 Å². The maximum atomic E-state index is 12.6. The van der Waals surface area contributed by atoms with E-state index in [1.807, 2.05) is 44.4 Å². The van der Waals surface area contributed by atoms with Gasteiger partial charge in [0.1, 0.15) is 6.26 Å². The van der Waals surface area contributed by atoms with Crippen LogP contribution in [0.4, 0.5) is 0 Å². The third-order valence-corrected chi connectivity index (χ3v) is 5.44. The molecule has 1 amide bonds. The van der Waals surface area contributed by atoms with Gasteiger partial charge in [-0.25, -0.2) is 0 Å². The fourth-order valence-corrected chi connectivity index (χ4v) is 3.96. The number of hydrogen-bond acceptors (Lipinski definition) is 4. The summed E-state index contributed by atoms with van der Waals surface area (Å²) < 4.78 is 12.0. The lowest BCUT2D eigenvalue weighted by atomic mass is 9.88. The zero-order valence-corrected chi connectivity index (χ0v) is 16.4. The van der Waals surface area contributed by atoms with Crippen molar-refractivity contribution < 1.29 is 14.3 Å². The van der Waals surface area contributed by atoms with Gasteiger partial charge in [-0.1, -0.05) is 42.5 Å². The molecular weight excluding hydrogens is 352 g/mol. The molecule has 0 bridgehead atoms. The molecule has 5 nitrogen and oxygen atoms in total. The van der Waals surface area contributed by atoms with Crippen molar-refractivity contribution in [1.29, 1.82) is 0 Å². The first kappa shape index (κ1) is 18.6. The van der Waals surface area contributed by atoms with E-state index >= 15 is 0 Å². The Balaban J connectivity index is 1.58. The molecule has 0 aliphatic carbocycles. The Labute approximate surface area is 166 Å². The number of rotatable bonds is 4. The van der Waals surface area contributed by atoms with E-state index in [0.29, 0.717) is 0 Å². The minimum atomic E-state index is -0.00584. The number of carbonyl (C=O) groups is 1. The van der Waals surface area contributed by atoms with E-state index < -0.39 is 0 Å². The fraction of sp³-hybridized carbons (Fsp3) is 0.348. The molecule has 2 atom stereocenters. The molecule has 1 saturated heterocycles. The van der Waals surface area contributed by atoms with Gasteiger partial charge in [0.2, 0.25) is 5.91 Å². The number of benzene rings is 2. The van der Waals surface area contributed by atoms with Crippen molar-refractivity contribution in [1.82, 2.24) is 9.80 Å². The first-order chi connectivity index (χ1) is 13.6. The third-order valence-electron chi connectivity index (χ3n) is 5.44. The Bertz CT molecular complexity index is 863. The van der Waals surface area contributed by atoms with E-state index in [4.69, 9.17) is 9.47 Å². The van der Waals surface area contributed by atoms with Crippen LogP contribution in [0.15, 0.2) is 66.6 Å². The molecule has 0 aromatic heterocycles. The van der Waals surface area contributed by atoms with E-state index in [-0.39, 0.29) is 17.9 Å². The molecule has 2 unspecified atom stereocenters. The summed E-state index contributed by atoms with van der Waals surface area (Å²) in [6.45, 7) is 1.66. The molecule has 2 aromatic rings.